The maximum atomic E-state index is 11.8. The number of nitrogens with one attached hydrogen (secondary N) is 1. The van der Waals surface area contributed by atoms with E-state index in [9.17, 15) is 4.79 Å². The average Bonchev–Trinajstić information content (AvgIpc) is 2.46. The van der Waals surface area contributed by atoms with Crippen molar-refractivity contribution in [3.05, 3.63) is 0 Å². The molecule has 0 aliphatic rings. The highest BCUT2D eigenvalue weighted by Gasteiger charge is 2.11. The van der Waals surface area contributed by atoms with E-state index in [2.05, 4.69) is 19.2 Å². The van der Waals surface area contributed by atoms with E-state index in [1.807, 2.05) is 6.92 Å². The number of ketones is 1. The highest BCUT2D eigenvalue weighted by atomic mass is 16.1. The monoisotopic (exact) mass is 283 g/mol. The summed E-state index contributed by atoms with van der Waals surface area (Å²) in [6.07, 6.45) is 14.1. The summed E-state index contributed by atoms with van der Waals surface area (Å²) in [7, 11) is 0. The van der Waals surface area contributed by atoms with Crippen LogP contribution in [0.1, 0.15) is 91.4 Å². The SMILES string of the molecule is CCCCCCCCCCCCC(=O)C(C)CNCC. The number of unbranched alkanes of at least 4 members (excludes halogenated alkanes) is 9. The van der Waals surface area contributed by atoms with Crippen molar-refractivity contribution in [2.75, 3.05) is 13.1 Å². The fourth-order valence-corrected chi connectivity index (χ4v) is 2.51. The van der Waals surface area contributed by atoms with E-state index in [-0.39, 0.29) is 5.92 Å². The van der Waals surface area contributed by atoms with E-state index in [0.29, 0.717) is 5.78 Å². The molecule has 0 aliphatic heterocycles. The van der Waals surface area contributed by atoms with Crippen molar-refractivity contribution in [1.29, 1.82) is 0 Å². The predicted molar refractivity (Wildman–Crippen MR) is 89.2 cm³/mol. The average molecular weight is 284 g/mol. The minimum atomic E-state index is 0.188. The van der Waals surface area contributed by atoms with Gasteiger partial charge in [0.15, 0.2) is 0 Å². The lowest BCUT2D eigenvalue weighted by Gasteiger charge is -2.10. The molecule has 0 saturated carbocycles. The quantitative estimate of drug-likeness (QED) is 0.423. The van der Waals surface area contributed by atoms with Crippen LogP contribution in [0.15, 0.2) is 0 Å². The maximum Gasteiger partial charge on any atom is 0.136 e. The molecule has 0 aromatic carbocycles. The van der Waals surface area contributed by atoms with Gasteiger partial charge < -0.3 is 5.32 Å². The van der Waals surface area contributed by atoms with Gasteiger partial charge in [0, 0.05) is 18.9 Å². The van der Waals surface area contributed by atoms with E-state index >= 15 is 0 Å². The largest absolute Gasteiger partial charge is 0.316 e. The smallest absolute Gasteiger partial charge is 0.136 e. The second kappa shape index (κ2) is 15.0. The summed E-state index contributed by atoms with van der Waals surface area (Å²) < 4.78 is 0. The van der Waals surface area contributed by atoms with Gasteiger partial charge in [-0.15, -0.1) is 0 Å². The van der Waals surface area contributed by atoms with Crippen molar-refractivity contribution in [3.8, 4) is 0 Å². The first kappa shape index (κ1) is 19.6. The van der Waals surface area contributed by atoms with E-state index in [1.54, 1.807) is 0 Å². The van der Waals surface area contributed by atoms with Crippen LogP contribution in [0.4, 0.5) is 0 Å². The van der Waals surface area contributed by atoms with Gasteiger partial charge in [0.25, 0.3) is 0 Å². The Morgan fingerprint density at radius 3 is 1.85 bits per heavy atom. The molecule has 1 atom stereocenters. The summed E-state index contributed by atoms with van der Waals surface area (Å²) in [6, 6.07) is 0. The Morgan fingerprint density at radius 2 is 1.35 bits per heavy atom. The summed E-state index contributed by atoms with van der Waals surface area (Å²) >= 11 is 0. The van der Waals surface area contributed by atoms with Crippen LogP contribution in [-0.4, -0.2) is 18.9 Å². The van der Waals surface area contributed by atoms with E-state index in [1.165, 1.54) is 57.8 Å². The Balaban J connectivity index is 3.24. The molecule has 2 heteroatoms. The molecule has 0 aromatic heterocycles. The van der Waals surface area contributed by atoms with Gasteiger partial charge in [0.2, 0.25) is 0 Å². The van der Waals surface area contributed by atoms with Crippen molar-refractivity contribution in [3.63, 3.8) is 0 Å². The molecule has 0 rings (SSSR count). The molecule has 0 heterocycles. The van der Waals surface area contributed by atoms with Crippen LogP contribution in [0, 0.1) is 5.92 Å². The predicted octanol–water partition coefficient (Wildman–Crippen LogP) is 5.11. The second-order valence-corrected chi connectivity index (χ2v) is 6.11. The minimum absolute atomic E-state index is 0.188. The topological polar surface area (TPSA) is 29.1 Å². The molecule has 20 heavy (non-hydrogen) atoms. The number of carbonyl (C=O) groups is 1. The van der Waals surface area contributed by atoms with E-state index in [4.69, 9.17) is 0 Å². The molecule has 0 spiro atoms. The molecule has 0 aliphatic carbocycles. The van der Waals surface area contributed by atoms with Crippen molar-refractivity contribution < 1.29 is 4.79 Å². The molecular formula is C18H37NO. The fraction of sp³-hybridized carbons (Fsp3) is 0.944. The van der Waals surface area contributed by atoms with Crippen LogP contribution in [-0.2, 0) is 4.79 Å². The molecular weight excluding hydrogens is 246 g/mol. The number of Topliss-reactive ketones (excluding diaryl/α,β-unsaturated/α-hetero) is 1. The van der Waals surface area contributed by atoms with Gasteiger partial charge in [-0.2, -0.15) is 0 Å². The standard InChI is InChI=1S/C18H37NO/c1-4-6-7-8-9-10-11-12-13-14-15-18(20)17(3)16-19-5-2/h17,19H,4-16H2,1-3H3. The summed E-state index contributed by atoms with van der Waals surface area (Å²) in [5.74, 6) is 0.624. The zero-order valence-corrected chi connectivity index (χ0v) is 14.2. The van der Waals surface area contributed by atoms with Crippen LogP contribution >= 0.6 is 0 Å². The summed E-state index contributed by atoms with van der Waals surface area (Å²) in [5.41, 5.74) is 0. The first-order valence-corrected chi connectivity index (χ1v) is 8.95. The highest BCUT2D eigenvalue weighted by Crippen LogP contribution is 2.12. The number of carbonyl (C=O) groups excluding carboxylic acids is 1. The van der Waals surface area contributed by atoms with Crippen LogP contribution in [0.3, 0.4) is 0 Å². The Bertz CT molecular complexity index is 215. The molecule has 1 N–H and O–H groups in total. The lowest BCUT2D eigenvalue weighted by molar-refractivity contribution is -0.122. The van der Waals surface area contributed by atoms with Gasteiger partial charge in [0.05, 0.1) is 0 Å². The number of hydrogen-bond donors (Lipinski definition) is 1. The molecule has 0 fully saturated rings. The Kier molecular flexibility index (Phi) is 14.7. The summed E-state index contributed by atoms with van der Waals surface area (Å²) in [4.78, 5) is 11.8. The molecule has 0 amide bonds. The maximum absolute atomic E-state index is 11.8. The van der Waals surface area contributed by atoms with Crippen molar-refractivity contribution in [1.82, 2.24) is 5.32 Å². The van der Waals surface area contributed by atoms with Crippen molar-refractivity contribution in [2.24, 2.45) is 5.92 Å². The second-order valence-electron chi connectivity index (χ2n) is 6.11. The van der Waals surface area contributed by atoms with Crippen LogP contribution in [0.5, 0.6) is 0 Å². The zero-order chi connectivity index (χ0) is 15.1. The van der Waals surface area contributed by atoms with Crippen molar-refractivity contribution in [2.45, 2.75) is 91.4 Å². The zero-order valence-electron chi connectivity index (χ0n) is 14.2. The normalized spacial score (nSPS) is 12.6. The van der Waals surface area contributed by atoms with Gasteiger partial charge >= 0.3 is 0 Å². The Morgan fingerprint density at radius 1 is 0.850 bits per heavy atom. The van der Waals surface area contributed by atoms with Gasteiger partial charge in [0.1, 0.15) is 5.78 Å². The molecule has 0 bridgehead atoms. The molecule has 2 nitrogen and oxygen atoms in total. The summed E-state index contributed by atoms with van der Waals surface area (Å²) in [5, 5.41) is 3.25. The first-order valence-electron chi connectivity index (χ1n) is 8.95. The molecule has 120 valence electrons. The van der Waals surface area contributed by atoms with E-state index in [0.717, 1.165) is 25.9 Å². The van der Waals surface area contributed by atoms with Gasteiger partial charge in [-0.1, -0.05) is 78.6 Å². The minimum Gasteiger partial charge on any atom is -0.316 e. The fourth-order valence-electron chi connectivity index (χ4n) is 2.51. The third-order valence-corrected chi connectivity index (χ3v) is 4.03. The first-order chi connectivity index (χ1) is 9.72. The summed E-state index contributed by atoms with van der Waals surface area (Å²) in [6.45, 7) is 8.18. The molecule has 0 radical (unpaired) electrons. The van der Waals surface area contributed by atoms with Crippen molar-refractivity contribution >= 4 is 5.78 Å². The van der Waals surface area contributed by atoms with Crippen LogP contribution in [0.2, 0.25) is 0 Å². The van der Waals surface area contributed by atoms with Gasteiger partial charge in [-0.3, -0.25) is 4.79 Å². The Hall–Kier alpha value is -0.370. The van der Waals surface area contributed by atoms with Gasteiger partial charge in [-0.05, 0) is 13.0 Å². The van der Waals surface area contributed by atoms with Crippen LogP contribution in [0.25, 0.3) is 0 Å². The third-order valence-electron chi connectivity index (χ3n) is 4.03. The molecule has 1 unspecified atom stereocenters. The molecule has 0 aromatic rings. The Labute approximate surface area is 127 Å². The molecule has 0 saturated heterocycles. The highest BCUT2D eigenvalue weighted by molar-refractivity contribution is 5.80. The van der Waals surface area contributed by atoms with Gasteiger partial charge in [-0.25, -0.2) is 0 Å². The van der Waals surface area contributed by atoms with E-state index < -0.39 is 0 Å². The number of rotatable bonds is 15. The lowest BCUT2D eigenvalue weighted by atomic mass is 10.00. The van der Waals surface area contributed by atoms with Crippen LogP contribution < -0.4 is 5.32 Å². The number of hydrogen-bond acceptors (Lipinski definition) is 2. The lowest BCUT2D eigenvalue weighted by Crippen LogP contribution is -2.26. The third kappa shape index (κ3) is 12.7.